The normalized spacial score (nSPS) is 14.2. The summed E-state index contributed by atoms with van der Waals surface area (Å²) in [4.78, 5) is 11.7. The molecule has 3 nitrogen and oxygen atoms in total. The van der Waals surface area contributed by atoms with Crippen LogP contribution in [0.1, 0.15) is 30.6 Å². The highest BCUT2D eigenvalue weighted by Gasteiger charge is 2.13. The van der Waals surface area contributed by atoms with Crippen LogP contribution in [-0.4, -0.2) is 18.0 Å². The molecule has 0 fully saturated rings. The smallest absolute Gasteiger partial charge is 0.254 e. The first-order chi connectivity index (χ1) is 7.50. The molecular weight excluding hydrogens is 207 g/mol. The van der Waals surface area contributed by atoms with E-state index in [2.05, 4.69) is 5.32 Å². The van der Waals surface area contributed by atoms with Crippen LogP contribution in [0.15, 0.2) is 24.3 Å². The Hall–Kier alpha value is -1.42. The fourth-order valence-corrected chi connectivity index (χ4v) is 1.56. The van der Waals surface area contributed by atoms with Crippen molar-refractivity contribution in [2.75, 3.05) is 0 Å². The molecule has 0 aliphatic carbocycles. The summed E-state index contributed by atoms with van der Waals surface area (Å²) in [5.74, 6) is -0.903. The average Bonchev–Trinajstić information content (AvgIpc) is 2.16. The van der Waals surface area contributed by atoms with Crippen molar-refractivity contribution in [1.82, 2.24) is 5.32 Å². The largest absolute Gasteiger partial charge is 0.349 e. The van der Waals surface area contributed by atoms with Gasteiger partial charge < -0.3 is 11.1 Å². The van der Waals surface area contributed by atoms with E-state index in [0.717, 1.165) is 0 Å². The highest BCUT2D eigenvalue weighted by atomic mass is 19.1. The number of nitrogens with one attached hydrogen (secondary N) is 1. The average molecular weight is 224 g/mol. The minimum absolute atomic E-state index is 0.0101. The fraction of sp³-hybridized carbons (Fsp3) is 0.417. The number of hydrogen-bond acceptors (Lipinski definition) is 2. The van der Waals surface area contributed by atoms with Gasteiger partial charge in [0.25, 0.3) is 5.91 Å². The van der Waals surface area contributed by atoms with E-state index in [1.165, 1.54) is 12.1 Å². The van der Waals surface area contributed by atoms with E-state index < -0.39 is 11.7 Å². The Morgan fingerprint density at radius 3 is 2.62 bits per heavy atom. The number of amides is 1. The van der Waals surface area contributed by atoms with Gasteiger partial charge in [-0.1, -0.05) is 12.1 Å². The summed E-state index contributed by atoms with van der Waals surface area (Å²) in [5.41, 5.74) is 5.68. The molecule has 0 heterocycles. The first-order valence-corrected chi connectivity index (χ1v) is 5.31. The fourth-order valence-electron chi connectivity index (χ4n) is 1.56. The topological polar surface area (TPSA) is 55.1 Å². The van der Waals surface area contributed by atoms with Gasteiger partial charge in [-0.15, -0.1) is 0 Å². The summed E-state index contributed by atoms with van der Waals surface area (Å²) >= 11 is 0. The monoisotopic (exact) mass is 224 g/mol. The third-order valence-corrected chi connectivity index (χ3v) is 2.22. The summed E-state index contributed by atoms with van der Waals surface area (Å²) in [7, 11) is 0. The molecule has 1 aromatic carbocycles. The quantitative estimate of drug-likeness (QED) is 0.817. The lowest BCUT2D eigenvalue weighted by atomic mass is 10.1. The van der Waals surface area contributed by atoms with Crippen LogP contribution in [0.25, 0.3) is 0 Å². The van der Waals surface area contributed by atoms with Crippen molar-refractivity contribution in [3.63, 3.8) is 0 Å². The number of halogens is 1. The number of hydrogen-bond donors (Lipinski definition) is 2. The maximum atomic E-state index is 13.3. The SMILES string of the molecule is CC(N)CC(C)NC(=O)c1ccccc1F. The van der Waals surface area contributed by atoms with Crippen molar-refractivity contribution in [2.45, 2.75) is 32.4 Å². The van der Waals surface area contributed by atoms with Gasteiger partial charge >= 0.3 is 0 Å². The molecule has 3 N–H and O–H groups in total. The molecule has 0 spiro atoms. The van der Waals surface area contributed by atoms with Crippen LogP contribution in [0.3, 0.4) is 0 Å². The zero-order valence-corrected chi connectivity index (χ0v) is 9.53. The predicted octanol–water partition coefficient (Wildman–Crippen LogP) is 1.68. The van der Waals surface area contributed by atoms with Crippen molar-refractivity contribution in [3.05, 3.63) is 35.6 Å². The number of carbonyl (C=O) groups is 1. The van der Waals surface area contributed by atoms with Crippen LogP contribution in [-0.2, 0) is 0 Å². The molecule has 1 amide bonds. The summed E-state index contributed by atoms with van der Waals surface area (Å²) < 4.78 is 13.3. The first kappa shape index (κ1) is 12.6. The van der Waals surface area contributed by atoms with E-state index in [0.29, 0.717) is 6.42 Å². The van der Waals surface area contributed by atoms with Crippen molar-refractivity contribution in [3.8, 4) is 0 Å². The molecule has 0 aromatic heterocycles. The van der Waals surface area contributed by atoms with Crippen molar-refractivity contribution in [1.29, 1.82) is 0 Å². The Balaban J connectivity index is 2.63. The second kappa shape index (κ2) is 5.61. The molecule has 2 unspecified atom stereocenters. The summed E-state index contributed by atoms with van der Waals surface area (Å²) in [6.07, 6.45) is 0.667. The number of carbonyl (C=O) groups excluding carboxylic acids is 1. The van der Waals surface area contributed by atoms with Crippen LogP contribution in [0.2, 0.25) is 0 Å². The predicted molar refractivity (Wildman–Crippen MR) is 61.6 cm³/mol. The maximum absolute atomic E-state index is 13.3. The van der Waals surface area contributed by atoms with Crippen LogP contribution in [0.4, 0.5) is 4.39 Å². The maximum Gasteiger partial charge on any atom is 0.254 e. The lowest BCUT2D eigenvalue weighted by Gasteiger charge is -2.16. The van der Waals surface area contributed by atoms with Gasteiger partial charge in [0.15, 0.2) is 0 Å². The van der Waals surface area contributed by atoms with Crippen LogP contribution < -0.4 is 11.1 Å². The highest BCUT2D eigenvalue weighted by molar-refractivity contribution is 5.94. The molecule has 0 saturated heterocycles. The standard InChI is InChI=1S/C12H17FN2O/c1-8(14)7-9(2)15-12(16)10-5-3-4-6-11(10)13/h3-6,8-9H,7,14H2,1-2H3,(H,15,16). The summed E-state index contributed by atoms with van der Waals surface area (Å²) in [6, 6.07) is 5.86. The minimum Gasteiger partial charge on any atom is -0.349 e. The Morgan fingerprint density at radius 1 is 1.44 bits per heavy atom. The van der Waals surface area contributed by atoms with Crippen LogP contribution in [0, 0.1) is 5.82 Å². The zero-order valence-electron chi connectivity index (χ0n) is 9.53. The van der Waals surface area contributed by atoms with Gasteiger partial charge in [0.2, 0.25) is 0 Å². The second-order valence-corrected chi connectivity index (χ2v) is 4.07. The van der Waals surface area contributed by atoms with Crippen molar-refractivity contribution >= 4 is 5.91 Å². The van der Waals surface area contributed by atoms with Gasteiger partial charge in [-0.05, 0) is 32.4 Å². The molecule has 0 radical (unpaired) electrons. The lowest BCUT2D eigenvalue weighted by Crippen LogP contribution is -2.36. The third kappa shape index (κ3) is 3.62. The Morgan fingerprint density at radius 2 is 2.06 bits per heavy atom. The van der Waals surface area contributed by atoms with E-state index in [4.69, 9.17) is 5.73 Å². The van der Waals surface area contributed by atoms with Gasteiger partial charge in [-0.2, -0.15) is 0 Å². The molecular formula is C12H17FN2O. The van der Waals surface area contributed by atoms with E-state index in [-0.39, 0.29) is 17.6 Å². The molecule has 0 bridgehead atoms. The molecule has 0 aliphatic rings. The van der Waals surface area contributed by atoms with Crippen molar-refractivity contribution in [2.24, 2.45) is 5.73 Å². The summed E-state index contributed by atoms with van der Waals surface area (Å²) in [6.45, 7) is 3.72. The van der Waals surface area contributed by atoms with Crippen LogP contribution in [0.5, 0.6) is 0 Å². The molecule has 88 valence electrons. The molecule has 1 rings (SSSR count). The van der Waals surface area contributed by atoms with E-state index in [1.54, 1.807) is 12.1 Å². The number of rotatable bonds is 4. The molecule has 0 aliphatic heterocycles. The summed E-state index contributed by atoms with van der Waals surface area (Å²) in [5, 5.41) is 2.71. The third-order valence-electron chi connectivity index (χ3n) is 2.22. The molecule has 1 aromatic rings. The molecule has 4 heteroatoms. The van der Waals surface area contributed by atoms with Gasteiger partial charge in [-0.25, -0.2) is 4.39 Å². The van der Waals surface area contributed by atoms with Gasteiger partial charge in [0.05, 0.1) is 5.56 Å². The Kier molecular flexibility index (Phi) is 4.43. The number of benzene rings is 1. The number of nitrogens with two attached hydrogens (primary N) is 1. The highest BCUT2D eigenvalue weighted by Crippen LogP contribution is 2.06. The van der Waals surface area contributed by atoms with Crippen molar-refractivity contribution < 1.29 is 9.18 Å². The van der Waals surface area contributed by atoms with Crippen LogP contribution >= 0.6 is 0 Å². The second-order valence-electron chi connectivity index (χ2n) is 4.07. The minimum atomic E-state index is -0.506. The first-order valence-electron chi connectivity index (χ1n) is 5.31. The van der Waals surface area contributed by atoms with Gasteiger partial charge in [0.1, 0.15) is 5.82 Å². The van der Waals surface area contributed by atoms with E-state index >= 15 is 0 Å². The molecule has 16 heavy (non-hydrogen) atoms. The van der Waals surface area contributed by atoms with Gasteiger partial charge in [-0.3, -0.25) is 4.79 Å². The lowest BCUT2D eigenvalue weighted by molar-refractivity contribution is 0.0933. The van der Waals surface area contributed by atoms with E-state index in [1.807, 2.05) is 13.8 Å². The van der Waals surface area contributed by atoms with E-state index in [9.17, 15) is 9.18 Å². The zero-order chi connectivity index (χ0) is 12.1. The molecule has 0 saturated carbocycles. The van der Waals surface area contributed by atoms with Gasteiger partial charge in [0, 0.05) is 12.1 Å². The Labute approximate surface area is 94.8 Å². The molecule has 2 atom stereocenters. The Bertz CT molecular complexity index is 366.